The summed E-state index contributed by atoms with van der Waals surface area (Å²) < 4.78 is 35.4. The second kappa shape index (κ2) is 3.76. The minimum Gasteiger partial charge on any atom is -0.346 e. The van der Waals surface area contributed by atoms with Crippen molar-refractivity contribution in [3.05, 3.63) is 0 Å². The van der Waals surface area contributed by atoms with Crippen LogP contribution in [0, 0.1) is 5.41 Å². The van der Waals surface area contributed by atoms with Crippen molar-refractivity contribution in [3.63, 3.8) is 0 Å². The average Bonchev–Trinajstić information content (AvgIpc) is 2.48. The maximum absolute atomic E-state index is 11.8. The lowest BCUT2D eigenvalue weighted by atomic mass is 9.89. The Morgan fingerprint density at radius 2 is 2.21 bits per heavy atom. The molecule has 0 aromatic carbocycles. The van der Waals surface area contributed by atoms with Crippen molar-refractivity contribution >= 4 is 5.91 Å². The third-order valence-electron chi connectivity index (χ3n) is 2.37. The van der Waals surface area contributed by atoms with Crippen molar-refractivity contribution in [1.29, 1.82) is 0 Å². The molecular weight excluding hydrogens is 197 g/mol. The van der Waals surface area contributed by atoms with Crippen molar-refractivity contribution in [2.75, 3.05) is 19.6 Å². The minimum atomic E-state index is -4.34. The van der Waals surface area contributed by atoms with Gasteiger partial charge >= 0.3 is 6.18 Å². The van der Waals surface area contributed by atoms with Gasteiger partial charge in [-0.15, -0.1) is 0 Å². The lowest BCUT2D eigenvalue weighted by Gasteiger charge is -2.21. The Morgan fingerprint density at radius 3 is 2.64 bits per heavy atom. The molecule has 1 fully saturated rings. The molecule has 1 unspecified atom stereocenters. The minimum absolute atomic E-state index is 0.441. The summed E-state index contributed by atoms with van der Waals surface area (Å²) in [4.78, 5) is 11.4. The van der Waals surface area contributed by atoms with Crippen LogP contribution in [0.1, 0.15) is 13.3 Å². The van der Waals surface area contributed by atoms with E-state index in [9.17, 15) is 18.0 Å². The molecule has 0 saturated carbocycles. The van der Waals surface area contributed by atoms with Crippen LogP contribution >= 0.6 is 0 Å². The molecule has 1 atom stereocenters. The van der Waals surface area contributed by atoms with Crippen LogP contribution in [-0.2, 0) is 4.79 Å². The van der Waals surface area contributed by atoms with Gasteiger partial charge in [-0.2, -0.15) is 13.2 Å². The third-order valence-corrected chi connectivity index (χ3v) is 2.37. The van der Waals surface area contributed by atoms with E-state index in [0.29, 0.717) is 19.5 Å². The van der Waals surface area contributed by atoms with Crippen LogP contribution in [0.3, 0.4) is 0 Å². The fourth-order valence-electron chi connectivity index (χ4n) is 1.40. The molecule has 0 aromatic rings. The number of hydrogen-bond donors (Lipinski definition) is 2. The molecule has 82 valence electrons. The molecule has 1 aliphatic rings. The summed E-state index contributed by atoms with van der Waals surface area (Å²) in [6, 6.07) is 0. The molecule has 1 rings (SSSR count). The van der Waals surface area contributed by atoms with E-state index in [1.165, 1.54) is 0 Å². The Bertz CT molecular complexity index is 221. The smallest absolute Gasteiger partial charge is 0.346 e. The van der Waals surface area contributed by atoms with Crippen LogP contribution in [0.15, 0.2) is 0 Å². The van der Waals surface area contributed by atoms with Crippen molar-refractivity contribution < 1.29 is 18.0 Å². The van der Waals surface area contributed by atoms with E-state index in [2.05, 4.69) is 5.32 Å². The number of carbonyl (C=O) groups is 1. The number of carbonyl (C=O) groups excluding carboxylic acids is 1. The molecule has 1 saturated heterocycles. The summed E-state index contributed by atoms with van der Waals surface area (Å²) in [5.41, 5.74) is -0.689. The standard InChI is InChI=1S/C8H13F3N2O/c1-7(2-3-12-4-7)6(14)13-5-8(9,10)11/h12H,2-5H2,1H3,(H,13,14). The SMILES string of the molecule is CC1(C(=O)NCC(F)(F)F)CCNC1. The number of amides is 1. The Morgan fingerprint density at radius 1 is 1.57 bits per heavy atom. The molecule has 1 aliphatic heterocycles. The quantitative estimate of drug-likeness (QED) is 0.703. The van der Waals surface area contributed by atoms with Crippen molar-refractivity contribution in [1.82, 2.24) is 10.6 Å². The van der Waals surface area contributed by atoms with Gasteiger partial charge in [0.15, 0.2) is 0 Å². The Hall–Kier alpha value is -0.780. The second-order valence-corrected chi connectivity index (χ2v) is 3.79. The molecular formula is C8H13F3N2O. The number of rotatable bonds is 2. The molecule has 3 nitrogen and oxygen atoms in total. The van der Waals surface area contributed by atoms with Crippen molar-refractivity contribution in [2.24, 2.45) is 5.41 Å². The van der Waals surface area contributed by atoms with Gasteiger partial charge in [0.2, 0.25) is 5.91 Å². The molecule has 0 bridgehead atoms. The molecule has 1 heterocycles. The van der Waals surface area contributed by atoms with Crippen LogP contribution in [0.25, 0.3) is 0 Å². The van der Waals surface area contributed by atoms with Crippen LogP contribution in [0.2, 0.25) is 0 Å². The summed E-state index contributed by atoms with van der Waals surface area (Å²) in [5, 5.41) is 4.85. The van der Waals surface area contributed by atoms with E-state index in [1.54, 1.807) is 6.92 Å². The van der Waals surface area contributed by atoms with E-state index < -0.39 is 24.0 Å². The largest absolute Gasteiger partial charge is 0.405 e. The van der Waals surface area contributed by atoms with Gasteiger partial charge in [-0.05, 0) is 19.9 Å². The zero-order valence-electron chi connectivity index (χ0n) is 7.87. The van der Waals surface area contributed by atoms with Gasteiger partial charge in [0.25, 0.3) is 0 Å². The first-order valence-electron chi connectivity index (χ1n) is 4.39. The van der Waals surface area contributed by atoms with Crippen LogP contribution in [0.4, 0.5) is 13.2 Å². The number of halogens is 3. The highest BCUT2D eigenvalue weighted by molar-refractivity contribution is 5.82. The first-order chi connectivity index (χ1) is 6.33. The zero-order valence-corrected chi connectivity index (χ0v) is 7.87. The van der Waals surface area contributed by atoms with Crippen molar-refractivity contribution in [3.8, 4) is 0 Å². The summed E-state index contributed by atoms with van der Waals surface area (Å²) >= 11 is 0. The fraction of sp³-hybridized carbons (Fsp3) is 0.875. The first kappa shape index (κ1) is 11.3. The third kappa shape index (κ3) is 2.87. The van der Waals surface area contributed by atoms with E-state index in [1.807, 2.05) is 5.32 Å². The monoisotopic (exact) mass is 210 g/mol. The highest BCUT2D eigenvalue weighted by atomic mass is 19.4. The highest BCUT2D eigenvalue weighted by Gasteiger charge is 2.38. The van der Waals surface area contributed by atoms with Crippen LogP contribution in [0.5, 0.6) is 0 Å². The molecule has 2 N–H and O–H groups in total. The molecule has 0 radical (unpaired) electrons. The summed E-state index contributed by atoms with van der Waals surface area (Å²) in [5.74, 6) is -0.528. The summed E-state index contributed by atoms with van der Waals surface area (Å²) in [6.45, 7) is 1.53. The fourth-order valence-corrected chi connectivity index (χ4v) is 1.40. The van der Waals surface area contributed by atoms with E-state index in [4.69, 9.17) is 0 Å². The van der Waals surface area contributed by atoms with Crippen LogP contribution < -0.4 is 10.6 Å². The Labute approximate surface area is 80.0 Å². The lowest BCUT2D eigenvalue weighted by molar-refractivity contribution is -0.143. The Kier molecular flexibility index (Phi) is 3.04. The maximum Gasteiger partial charge on any atom is 0.405 e. The van der Waals surface area contributed by atoms with Gasteiger partial charge in [0, 0.05) is 6.54 Å². The van der Waals surface area contributed by atoms with E-state index >= 15 is 0 Å². The predicted molar refractivity (Wildman–Crippen MR) is 44.7 cm³/mol. The van der Waals surface area contributed by atoms with Gasteiger partial charge in [-0.25, -0.2) is 0 Å². The molecule has 0 spiro atoms. The summed E-state index contributed by atoms with van der Waals surface area (Å²) in [6.07, 6.45) is -3.76. The number of hydrogen-bond acceptors (Lipinski definition) is 2. The average molecular weight is 210 g/mol. The predicted octanol–water partition coefficient (Wildman–Crippen LogP) is 0.664. The zero-order chi connectivity index (χ0) is 10.8. The van der Waals surface area contributed by atoms with Gasteiger partial charge in [0.1, 0.15) is 6.54 Å². The van der Waals surface area contributed by atoms with Gasteiger partial charge in [-0.3, -0.25) is 4.79 Å². The molecule has 1 amide bonds. The normalized spacial score (nSPS) is 27.7. The second-order valence-electron chi connectivity index (χ2n) is 3.79. The van der Waals surface area contributed by atoms with Crippen LogP contribution in [-0.4, -0.2) is 31.7 Å². The topological polar surface area (TPSA) is 41.1 Å². The van der Waals surface area contributed by atoms with E-state index in [-0.39, 0.29) is 0 Å². The lowest BCUT2D eigenvalue weighted by Crippen LogP contribution is -2.44. The first-order valence-corrected chi connectivity index (χ1v) is 4.39. The molecule has 14 heavy (non-hydrogen) atoms. The molecule has 0 aliphatic carbocycles. The van der Waals surface area contributed by atoms with E-state index in [0.717, 1.165) is 0 Å². The summed E-state index contributed by atoms with van der Waals surface area (Å²) in [7, 11) is 0. The van der Waals surface area contributed by atoms with Gasteiger partial charge in [0.05, 0.1) is 5.41 Å². The molecule has 0 aromatic heterocycles. The Balaban J connectivity index is 2.42. The van der Waals surface area contributed by atoms with Gasteiger partial charge in [-0.1, -0.05) is 0 Å². The van der Waals surface area contributed by atoms with Gasteiger partial charge < -0.3 is 10.6 Å². The van der Waals surface area contributed by atoms with Crippen molar-refractivity contribution in [2.45, 2.75) is 19.5 Å². The highest BCUT2D eigenvalue weighted by Crippen LogP contribution is 2.24. The number of nitrogens with one attached hydrogen (secondary N) is 2. The maximum atomic E-state index is 11.8. The molecule has 6 heteroatoms. The number of alkyl halides is 3.